The standard InChI is InChI=1S/C22H21N3O2/c1-27-17-11-7-10-16(14-17)22(15-8-3-2-4-9-15)18-12-5-6-13-19(18)24-21(26)20(23)25-22/h2-14,20,25H,23H2,1H3,(H,24,26). The summed E-state index contributed by atoms with van der Waals surface area (Å²) < 4.78 is 5.45. The van der Waals surface area contributed by atoms with Gasteiger partial charge >= 0.3 is 0 Å². The number of carbonyl (C=O) groups is 1. The predicted octanol–water partition coefficient (Wildman–Crippen LogP) is 2.81. The molecule has 0 fully saturated rings. The fraction of sp³-hybridized carbons (Fsp3) is 0.136. The van der Waals surface area contributed by atoms with Gasteiger partial charge in [-0.15, -0.1) is 0 Å². The van der Waals surface area contributed by atoms with E-state index in [4.69, 9.17) is 10.5 Å². The van der Waals surface area contributed by atoms with Gasteiger partial charge in [0.25, 0.3) is 5.91 Å². The van der Waals surface area contributed by atoms with Crippen LogP contribution in [0.3, 0.4) is 0 Å². The molecule has 1 aliphatic rings. The lowest BCUT2D eigenvalue weighted by Gasteiger charge is -2.37. The van der Waals surface area contributed by atoms with Crippen LogP contribution in [0.2, 0.25) is 0 Å². The van der Waals surface area contributed by atoms with E-state index < -0.39 is 11.7 Å². The maximum Gasteiger partial charge on any atom is 0.256 e. The Bertz CT molecular complexity index is 974. The average molecular weight is 359 g/mol. The van der Waals surface area contributed by atoms with Gasteiger partial charge in [-0.1, -0.05) is 60.7 Å². The van der Waals surface area contributed by atoms with Crippen LogP contribution in [0.1, 0.15) is 16.7 Å². The number of methoxy groups -OCH3 is 1. The SMILES string of the molecule is COc1cccc(C2(c3ccccc3)NC(N)C(=O)Nc3ccccc32)c1. The van der Waals surface area contributed by atoms with Gasteiger partial charge in [0.15, 0.2) is 0 Å². The van der Waals surface area contributed by atoms with E-state index in [1.165, 1.54) is 0 Å². The van der Waals surface area contributed by atoms with Gasteiger partial charge in [-0.25, -0.2) is 0 Å². The molecule has 27 heavy (non-hydrogen) atoms. The van der Waals surface area contributed by atoms with Crippen molar-refractivity contribution in [2.45, 2.75) is 11.7 Å². The van der Waals surface area contributed by atoms with Crippen molar-refractivity contribution < 1.29 is 9.53 Å². The third-order valence-corrected chi connectivity index (χ3v) is 4.95. The third kappa shape index (κ3) is 2.87. The minimum Gasteiger partial charge on any atom is -0.497 e. The Balaban J connectivity index is 2.08. The van der Waals surface area contributed by atoms with Crippen LogP contribution >= 0.6 is 0 Å². The second kappa shape index (κ2) is 6.87. The topological polar surface area (TPSA) is 76.4 Å². The second-order valence-electron chi connectivity index (χ2n) is 6.50. The number of hydrogen-bond donors (Lipinski definition) is 3. The lowest BCUT2D eigenvalue weighted by Crippen LogP contribution is -2.55. The van der Waals surface area contributed by atoms with Crippen molar-refractivity contribution in [3.8, 4) is 5.75 Å². The van der Waals surface area contributed by atoms with E-state index in [1.807, 2.05) is 78.9 Å². The summed E-state index contributed by atoms with van der Waals surface area (Å²) in [6, 6.07) is 25.6. The Hall–Kier alpha value is -3.15. The molecule has 0 aromatic heterocycles. The maximum absolute atomic E-state index is 12.5. The molecule has 0 bridgehead atoms. The van der Waals surface area contributed by atoms with Crippen LogP contribution in [0.15, 0.2) is 78.9 Å². The lowest BCUT2D eigenvalue weighted by molar-refractivity contribution is -0.118. The van der Waals surface area contributed by atoms with Crippen LogP contribution < -0.4 is 21.1 Å². The van der Waals surface area contributed by atoms with Gasteiger partial charge in [0.1, 0.15) is 11.9 Å². The summed E-state index contributed by atoms with van der Waals surface area (Å²) in [6.45, 7) is 0. The predicted molar refractivity (Wildman–Crippen MR) is 106 cm³/mol. The van der Waals surface area contributed by atoms with Gasteiger partial charge in [0.2, 0.25) is 0 Å². The van der Waals surface area contributed by atoms with E-state index in [0.717, 1.165) is 28.1 Å². The highest BCUT2D eigenvalue weighted by molar-refractivity contribution is 5.96. The minimum absolute atomic E-state index is 0.275. The van der Waals surface area contributed by atoms with E-state index in [0.29, 0.717) is 0 Å². The molecular weight excluding hydrogens is 338 g/mol. The fourth-order valence-corrected chi connectivity index (χ4v) is 3.69. The summed E-state index contributed by atoms with van der Waals surface area (Å²) in [5, 5.41) is 6.33. The normalized spacial score (nSPS) is 21.7. The van der Waals surface area contributed by atoms with Gasteiger partial charge < -0.3 is 15.8 Å². The number of nitrogens with one attached hydrogen (secondary N) is 2. The highest BCUT2D eigenvalue weighted by atomic mass is 16.5. The number of ether oxygens (including phenoxy) is 1. The van der Waals surface area contributed by atoms with E-state index in [-0.39, 0.29) is 5.91 Å². The minimum atomic E-state index is -0.885. The number of hydrogen-bond acceptors (Lipinski definition) is 4. The molecule has 2 unspecified atom stereocenters. The number of para-hydroxylation sites is 1. The molecule has 0 saturated carbocycles. The first-order valence-corrected chi connectivity index (χ1v) is 8.79. The quantitative estimate of drug-likeness (QED) is 0.672. The summed E-state index contributed by atoms with van der Waals surface area (Å²) in [5.41, 5.74) is 8.98. The molecule has 2 atom stereocenters. The van der Waals surface area contributed by atoms with Crippen LogP contribution in [0.5, 0.6) is 5.75 Å². The number of fused-ring (bicyclic) bond motifs is 1. The Kier molecular flexibility index (Phi) is 4.39. The molecule has 5 nitrogen and oxygen atoms in total. The molecule has 136 valence electrons. The van der Waals surface area contributed by atoms with Gasteiger partial charge in [0, 0.05) is 11.3 Å². The fourth-order valence-electron chi connectivity index (χ4n) is 3.69. The maximum atomic E-state index is 12.5. The molecule has 1 amide bonds. The molecule has 0 spiro atoms. The number of benzene rings is 3. The first-order valence-electron chi connectivity index (χ1n) is 8.79. The van der Waals surface area contributed by atoms with Crippen molar-refractivity contribution in [2.24, 2.45) is 5.73 Å². The van der Waals surface area contributed by atoms with Crippen LogP contribution in [-0.4, -0.2) is 19.2 Å². The van der Waals surface area contributed by atoms with Crippen molar-refractivity contribution in [1.82, 2.24) is 5.32 Å². The van der Waals surface area contributed by atoms with E-state index in [2.05, 4.69) is 10.6 Å². The van der Waals surface area contributed by atoms with Crippen LogP contribution in [0.4, 0.5) is 5.69 Å². The summed E-state index contributed by atoms with van der Waals surface area (Å²) in [7, 11) is 1.64. The van der Waals surface area contributed by atoms with Crippen LogP contribution in [0.25, 0.3) is 0 Å². The highest BCUT2D eigenvalue weighted by Gasteiger charge is 2.43. The molecule has 1 aliphatic heterocycles. The first kappa shape index (κ1) is 17.3. The van der Waals surface area contributed by atoms with Crippen LogP contribution in [-0.2, 0) is 10.3 Å². The summed E-state index contributed by atoms with van der Waals surface area (Å²) >= 11 is 0. The van der Waals surface area contributed by atoms with Crippen molar-refractivity contribution in [2.75, 3.05) is 12.4 Å². The van der Waals surface area contributed by atoms with Gasteiger partial charge in [-0.2, -0.15) is 0 Å². The second-order valence-corrected chi connectivity index (χ2v) is 6.50. The van der Waals surface area contributed by atoms with Gasteiger partial charge in [-0.05, 0) is 29.3 Å². The molecule has 4 rings (SSSR count). The monoisotopic (exact) mass is 359 g/mol. The molecule has 4 N–H and O–H groups in total. The summed E-state index contributed by atoms with van der Waals surface area (Å²) in [4.78, 5) is 12.5. The Morgan fingerprint density at radius 1 is 0.926 bits per heavy atom. The smallest absolute Gasteiger partial charge is 0.256 e. The molecule has 3 aromatic rings. The molecular formula is C22H21N3O2. The average Bonchev–Trinajstić information content (AvgIpc) is 2.84. The van der Waals surface area contributed by atoms with Crippen molar-refractivity contribution in [1.29, 1.82) is 0 Å². The largest absolute Gasteiger partial charge is 0.497 e. The number of nitrogens with two attached hydrogens (primary N) is 1. The summed E-state index contributed by atoms with van der Waals surface area (Å²) in [5.74, 6) is 0.461. The zero-order valence-electron chi connectivity index (χ0n) is 15.0. The Labute approximate surface area is 158 Å². The molecule has 0 radical (unpaired) electrons. The number of rotatable bonds is 3. The zero-order chi connectivity index (χ0) is 18.9. The number of carbonyl (C=O) groups excluding carboxylic acids is 1. The molecule has 1 heterocycles. The van der Waals surface area contributed by atoms with Crippen LogP contribution in [0, 0.1) is 0 Å². The molecule has 0 saturated heterocycles. The highest BCUT2D eigenvalue weighted by Crippen LogP contribution is 2.42. The first-order chi connectivity index (χ1) is 13.1. The zero-order valence-corrected chi connectivity index (χ0v) is 15.0. The third-order valence-electron chi connectivity index (χ3n) is 4.95. The van der Waals surface area contributed by atoms with E-state index >= 15 is 0 Å². The number of amides is 1. The molecule has 0 aliphatic carbocycles. The van der Waals surface area contributed by atoms with E-state index in [9.17, 15) is 4.79 Å². The van der Waals surface area contributed by atoms with E-state index in [1.54, 1.807) is 7.11 Å². The Morgan fingerprint density at radius 3 is 2.41 bits per heavy atom. The number of anilines is 1. The summed E-state index contributed by atoms with van der Waals surface area (Å²) in [6.07, 6.45) is -0.885. The van der Waals surface area contributed by atoms with Gasteiger partial charge in [0.05, 0.1) is 12.6 Å². The van der Waals surface area contributed by atoms with Crippen molar-refractivity contribution in [3.63, 3.8) is 0 Å². The lowest BCUT2D eigenvalue weighted by atomic mass is 9.76. The van der Waals surface area contributed by atoms with Crippen molar-refractivity contribution >= 4 is 11.6 Å². The molecule has 3 aromatic carbocycles. The Morgan fingerprint density at radius 2 is 1.63 bits per heavy atom. The van der Waals surface area contributed by atoms with Crippen molar-refractivity contribution in [3.05, 3.63) is 95.6 Å². The molecule has 5 heteroatoms. The van der Waals surface area contributed by atoms with Gasteiger partial charge in [-0.3, -0.25) is 10.1 Å².